The lowest BCUT2D eigenvalue weighted by molar-refractivity contribution is -0.282. The van der Waals surface area contributed by atoms with Gasteiger partial charge in [-0.05, 0) is 38.1 Å². The zero-order valence-electron chi connectivity index (χ0n) is 14.5. The van der Waals surface area contributed by atoms with Crippen molar-refractivity contribution in [1.29, 1.82) is 0 Å². The normalized spacial score (nSPS) is 29.7. The Morgan fingerprint density at radius 3 is 2.58 bits per heavy atom. The Morgan fingerprint density at radius 2 is 1.81 bits per heavy atom. The Hall–Kier alpha value is -2.58. The van der Waals surface area contributed by atoms with Gasteiger partial charge in [0.05, 0.1) is 5.60 Å². The first kappa shape index (κ1) is 16.9. The zero-order chi connectivity index (χ0) is 18.5. The molecule has 3 heterocycles. The first-order chi connectivity index (χ1) is 12.4. The molecular weight excluding hydrogens is 344 g/mol. The molecule has 0 spiro atoms. The van der Waals surface area contributed by atoms with Crippen molar-refractivity contribution >= 4 is 17.1 Å². The molecule has 0 amide bonds. The number of ether oxygens (including phenoxy) is 5. The molecular formula is C18H18O8. The second-order valence-electron chi connectivity index (χ2n) is 6.73. The van der Waals surface area contributed by atoms with Crippen molar-refractivity contribution in [1.82, 2.24) is 0 Å². The highest BCUT2D eigenvalue weighted by Gasteiger charge is 2.58. The van der Waals surface area contributed by atoms with E-state index >= 15 is 0 Å². The second kappa shape index (κ2) is 6.00. The SMILES string of the molecule is CO[C@@H]1C2OC(=O)O[C@@H]2C(Oc2ccc3oc(=O)ccc3c2)OC1(C)C. The number of rotatable bonds is 3. The lowest BCUT2D eigenvalue weighted by atomic mass is 9.89. The van der Waals surface area contributed by atoms with Gasteiger partial charge in [-0.1, -0.05) is 0 Å². The standard InChI is InChI=1S/C18H18O8/c1-18(2)15(21-3)13-14(25-17(20)24-13)16(26-18)22-10-5-6-11-9(8-10)4-7-12(19)23-11/h4-8,13-16H,1-3H3/t13?,14-,15+,16?/m0/s1. The molecule has 0 bridgehead atoms. The van der Waals surface area contributed by atoms with Gasteiger partial charge in [-0.25, -0.2) is 9.59 Å². The molecule has 2 aliphatic rings. The Kier molecular flexibility index (Phi) is 3.89. The van der Waals surface area contributed by atoms with Crippen LogP contribution in [0.15, 0.2) is 39.5 Å². The third kappa shape index (κ3) is 2.81. The fraction of sp³-hybridized carbons (Fsp3) is 0.444. The highest BCUT2D eigenvalue weighted by molar-refractivity contribution is 5.77. The number of fused-ring (bicyclic) bond motifs is 2. The number of carbonyl (C=O) groups is 1. The topological polar surface area (TPSA) is 93.4 Å². The Morgan fingerprint density at radius 1 is 1.04 bits per heavy atom. The predicted octanol–water partition coefficient (Wildman–Crippen LogP) is 2.23. The van der Waals surface area contributed by atoms with Gasteiger partial charge < -0.3 is 28.1 Å². The third-order valence-electron chi connectivity index (χ3n) is 4.56. The van der Waals surface area contributed by atoms with Crippen LogP contribution in [0.3, 0.4) is 0 Å². The lowest BCUT2D eigenvalue weighted by Crippen LogP contribution is -2.62. The summed E-state index contributed by atoms with van der Waals surface area (Å²) in [7, 11) is 1.53. The van der Waals surface area contributed by atoms with Crippen LogP contribution in [-0.2, 0) is 18.9 Å². The van der Waals surface area contributed by atoms with Gasteiger partial charge in [0.2, 0.25) is 12.4 Å². The molecule has 4 rings (SSSR count). The number of carbonyl (C=O) groups excluding carboxylic acids is 1. The molecule has 0 N–H and O–H groups in total. The van der Waals surface area contributed by atoms with Crippen LogP contribution in [-0.4, -0.2) is 43.5 Å². The summed E-state index contributed by atoms with van der Waals surface area (Å²) >= 11 is 0. The molecule has 8 heteroatoms. The van der Waals surface area contributed by atoms with Crippen LogP contribution in [0.1, 0.15) is 13.8 Å². The maximum absolute atomic E-state index is 11.6. The van der Waals surface area contributed by atoms with Crippen LogP contribution in [0.2, 0.25) is 0 Å². The van der Waals surface area contributed by atoms with E-state index in [1.807, 2.05) is 13.8 Å². The summed E-state index contributed by atoms with van der Waals surface area (Å²) in [5.41, 5.74) is -0.743. The van der Waals surface area contributed by atoms with E-state index in [1.165, 1.54) is 13.2 Å². The number of hydrogen-bond donors (Lipinski definition) is 0. The summed E-state index contributed by atoms with van der Waals surface area (Å²) in [4.78, 5) is 22.9. The third-order valence-corrected chi connectivity index (χ3v) is 4.56. The highest BCUT2D eigenvalue weighted by Crippen LogP contribution is 2.38. The van der Waals surface area contributed by atoms with Crippen molar-refractivity contribution in [2.45, 2.75) is 44.1 Å². The molecule has 2 saturated heterocycles. The average molecular weight is 362 g/mol. The van der Waals surface area contributed by atoms with E-state index < -0.39 is 42.0 Å². The fourth-order valence-electron chi connectivity index (χ4n) is 3.42. The lowest BCUT2D eigenvalue weighted by Gasteiger charge is -2.45. The van der Waals surface area contributed by atoms with Crippen molar-refractivity contribution < 1.29 is 32.9 Å². The average Bonchev–Trinajstić information content (AvgIpc) is 2.96. The van der Waals surface area contributed by atoms with Gasteiger partial charge in [-0.2, -0.15) is 0 Å². The summed E-state index contributed by atoms with van der Waals surface area (Å²) < 4.78 is 33.0. The van der Waals surface area contributed by atoms with Crippen molar-refractivity contribution in [2.75, 3.05) is 7.11 Å². The molecule has 0 radical (unpaired) electrons. The minimum absolute atomic E-state index is 0.424. The van der Waals surface area contributed by atoms with Crippen molar-refractivity contribution in [3.63, 3.8) is 0 Å². The first-order valence-electron chi connectivity index (χ1n) is 8.16. The monoisotopic (exact) mass is 362 g/mol. The minimum atomic E-state index is -0.874. The van der Waals surface area contributed by atoms with Gasteiger partial charge in [0, 0.05) is 18.6 Å². The Balaban J connectivity index is 1.63. The second-order valence-corrected chi connectivity index (χ2v) is 6.73. The Bertz CT molecular complexity index is 901. The van der Waals surface area contributed by atoms with Crippen LogP contribution < -0.4 is 10.4 Å². The molecule has 138 valence electrons. The van der Waals surface area contributed by atoms with E-state index in [0.717, 1.165) is 0 Å². The molecule has 0 saturated carbocycles. The Labute approximate surface area is 148 Å². The number of benzene rings is 1. The van der Waals surface area contributed by atoms with Crippen LogP contribution in [0.25, 0.3) is 11.0 Å². The molecule has 1 aromatic carbocycles. The van der Waals surface area contributed by atoms with Gasteiger partial charge >= 0.3 is 11.8 Å². The highest BCUT2D eigenvalue weighted by atomic mass is 16.8. The van der Waals surface area contributed by atoms with E-state index in [2.05, 4.69) is 0 Å². The summed E-state index contributed by atoms with van der Waals surface area (Å²) in [6, 6.07) is 7.97. The van der Waals surface area contributed by atoms with E-state index in [1.54, 1.807) is 24.3 Å². The van der Waals surface area contributed by atoms with Crippen molar-refractivity contribution in [3.8, 4) is 5.75 Å². The van der Waals surface area contributed by atoms with Gasteiger partial charge in [-0.3, -0.25) is 0 Å². The first-order valence-corrected chi connectivity index (χ1v) is 8.16. The predicted molar refractivity (Wildman–Crippen MR) is 88.0 cm³/mol. The molecule has 26 heavy (non-hydrogen) atoms. The molecule has 2 fully saturated rings. The van der Waals surface area contributed by atoms with Crippen LogP contribution in [0, 0.1) is 0 Å². The summed E-state index contributed by atoms with van der Waals surface area (Å²) in [6.07, 6.45) is -3.55. The largest absolute Gasteiger partial charge is 0.509 e. The number of hydrogen-bond acceptors (Lipinski definition) is 8. The maximum atomic E-state index is 11.6. The summed E-state index contributed by atoms with van der Waals surface area (Å²) in [5.74, 6) is 0.477. The van der Waals surface area contributed by atoms with Crippen molar-refractivity contribution in [3.05, 3.63) is 40.8 Å². The zero-order valence-corrected chi connectivity index (χ0v) is 14.5. The van der Waals surface area contributed by atoms with E-state index in [-0.39, 0.29) is 0 Å². The van der Waals surface area contributed by atoms with E-state index in [4.69, 9.17) is 28.1 Å². The van der Waals surface area contributed by atoms with Crippen LogP contribution >= 0.6 is 0 Å². The smallest absolute Gasteiger partial charge is 0.461 e. The van der Waals surface area contributed by atoms with Crippen molar-refractivity contribution in [2.24, 2.45) is 0 Å². The van der Waals surface area contributed by atoms with Gasteiger partial charge in [-0.15, -0.1) is 0 Å². The summed E-state index contributed by atoms with van der Waals surface area (Å²) in [6.45, 7) is 3.66. The fourth-order valence-corrected chi connectivity index (χ4v) is 3.42. The quantitative estimate of drug-likeness (QED) is 0.606. The van der Waals surface area contributed by atoms with Gasteiger partial charge in [0.15, 0.2) is 6.10 Å². The molecule has 4 atom stereocenters. The number of methoxy groups -OCH3 is 1. The van der Waals surface area contributed by atoms with E-state index in [9.17, 15) is 9.59 Å². The van der Waals surface area contributed by atoms with E-state index in [0.29, 0.717) is 16.7 Å². The molecule has 2 aliphatic heterocycles. The summed E-state index contributed by atoms with van der Waals surface area (Å²) in [5, 5.41) is 0.697. The molecule has 0 aliphatic carbocycles. The molecule has 1 aromatic heterocycles. The molecule has 2 aromatic rings. The maximum Gasteiger partial charge on any atom is 0.509 e. The molecule has 8 nitrogen and oxygen atoms in total. The van der Waals surface area contributed by atoms with Gasteiger partial charge in [0.1, 0.15) is 17.4 Å². The van der Waals surface area contributed by atoms with Gasteiger partial charge in [0.25, 0.3) is 0 Å². The molecule has 2 unspecified atom stereocenters. The van der Waals surface area contributed by atoms with Crippen LogP contribution in [0.4, 0.5) is 4.79 Å². The minimum Gasteiger partial charge on any atom is -0.461 e. The van der Waals surface area contributed by atoms with Crippen LogP contribution in [0.5, 0.6) is 5.75 Å².